The summed E-state index contributed by atoms with van der Waals surface area (Å²) in [6.07, 6.45) is 7.89. The standard InChI is InChI=1S/C25H28N4O/c1-18-6-5-7-19(14-18)16-26-25(30)21-12-10-20(11-13-21)23-15-24(28-17-27-23)29-22-8-3-2-4-9-22/h5-7,10-15,17,22H,2-4,8-9,16H2,1H3,(H,26,30)(H,27,28,29). The normalized spacial score (nSPS) is 14.3. The fourth-order valence-corrected chi connectivity index (χ4v) is 3.95. The van der Waals surface area contributed by atoms with Gasteiger partial charge >= 0.3 is 0 Å². The van der Waals surface area contributed by atoms with Crippen molar-refractivity contribution in [3.8, 4) is 11.3 Å². The molecule has 5 heteroatoms. The van der Waals surface area contributed by atoms with Crippen molar-refractivity contribution in [2.75, 3.05) is 5.32 Å². The predicted molar refractivity (Wildman–Crippen MR) is 120 cm³/mol. The lowest BCUT2D eigenvalue weighted by molar-refractivity contribution is 0.0951. The second kappa shape index (κ2) is 9.53. The summed E-state index contributed by atoms with van der Waals surface area (Å²) < 4.78 is 0. The van der Waals surface area contributed by atoms with Gasteiger partial charge in [-0.15, -0.1) is 0 Å². The van der Waals surface area contributed by atoms with Crippen LogP contribution in [0.25, 0.3) is 11.3 Å². The molecular weight excluding hydrogens is 372 g/mol. The molecule has 1 fully saturated rings. The molecule has 1 amide bonds. The van der Waals surface area contributed by atoms with Crippen LogP contribution in [0.5, 0.6) is 0 Å². The maximum absolute atomic E-state index is 12.5. The lowest BCUT2D eigenvalue weighted by Crippen LogP contribution is -2.23. The van der Waals surface area contributed by atoms with E-state index >= 15 is 0 Å². The van der Waals surface area contributed by atoms with Crippen molar-refractivity contribution in [3.63, 3.8) is 0 Å². The highest BCUT2D eigenvalue weighted by atomic mass is 16.1. The SMILES string of the molecule is Cc1cccc(CNC(=O)c2ccc(-c3cc(NC4CCCCC4)ncn3)cc2)c1. The first kappa shape index (κ1) is 20.1. The van der Waals surface area contributed by atoms with E-state index < -0.39 is 0 Å². The first-order chi connectivity index (χ1) is 14.7. The molecule has 1 aliphatic carbocycles. The monoisotopic (exact) mass is 400 g/mol. The molecule has 2 N–H and O–H groups in total. The Morgan fingerprint density at radius 1 is 1.00 bits per heavy atom. The molecule has 2 aromatic carbocycles. The van der Waals surface area contributed by atoms with Crippen LogP contribution in [0.1, 0.15) is 53.6 Å². The van der Waals surface area contributed by atoms with Crippen molar-refractivity contribution in [3.05, 3.63) is 77.6 Å². The zero-order chi connectivity index (χ0) is 20.8. The molecule has 154 valence electrons. The molecule has 1 aromatic heterocycles. The number of hydrogen-bond donors (Lipinski definition) is 2. The number of nitrogens with zero attached hydrogens (tertiary/aromatic N) is 2. The van der Waals surface area contributed by atoms with Gasteiger partial charge in [0.15, 0.2) is 0 Å². The minimum Gasteiger partial charge on any atom is -0.367 e. The van der Waals surface area contributed by atoms with Crippen molar-refractivity contribution in [2.24, 2.45) is 0 Å². The van der Waals surface area contributed by atoms with Gasteiger partial charge in [0.05, 0.1) is 5.69 Å². The molecule has 0 unspecified atom stereocenters. The zero-order valence-corrected chi connectivity index (χ0v) is 17.4. The van der Waals surface area contributed by atoms with Crippen LogP contribution in [0.15, 0.2) is 60.9 Å². The second-order valence-corrected chi connectivity index (χ2v) is 8.02. The third-order valence-corrected chi connectivity index (χ3v) is 5.60. The molecule has 0 radical (unpaired) electrons. The van der Waals surface area contributed by atoms with E-state index in [-0.39, 0.29) is 5.91 Å². The second-order valence-electron chi connectivity index (χ2n) is 8.02. The van der Waals surface area contributed by atoms with Crippen LogP contribution >= 0.6 is 0 Å². The lowest BCUT2D eigenvalue weighted by Gasteiger charge is -2.23. The zero-order valence-electron chi connectivity index (χ0n) is 17.4. The van der Waals surface area contributed by atoms with Crippen LogP contribution in [0.4, 0.5) is 5.82 Å². The number of aryl methyl sites for hydroxylation is 1. The number of benzene rings is 2. The van der Waals surface area contributed by atoms with Gasteiger partial charge in [0, 0.05) is 29.8 Å². The highest BCUT2D eigenvalue weighted by Crippen LogP contribution is 2.23. The highest BCUT2D eigenvalue weighted by Gasteiger charge is 2.14. The molecule has 0 atom stereocenters. The first-order valence-electron chi connectivity index (χ1n) is 10.7. The van der Waals surface area contributed by atoms with Crippen molar-refractivity contribution < 1.29 is 4.79 Å². The van der Waals surface area contributed by atoms with Gasteiger partial charge in [-0.3, -0.25) is 4.79 Å². The van der Waals surface area contributed by atoms with E-state index in [1.165, 1.54) is 37.7 Å². The van der Waals surface area contributed by atoms with E-state index in [2.05, 4.69) is 26.7 Å². The van der Waals surface area contributed by atoms with Gasteiger partial charge in [-0.05, 0) is 37.5 Å². The van der Waals surface area contributed by atoms with Gasteiger partial charge in [0.25, 0.3) is 5.91 Å². The third-order valence-electron chi connectivity index (χ3n) is 5.60. The van der Waals surface area contributed by atoms with Gasteiger partial charge in [-0.1, -0.05) is 61.2 Å². The number of rotatable bonds is 6. The minimum absolute atomic E-state index is 0.0783. The van der Waals surface area contributed by atoms with E-state index in [0.29, 0.717) is 18.2 Å². The lowest BCUT2D eigenvalue weighted by atomic mass is 9.95. The third kappa shape index (κ3) is 5.23. The van der Waals surface area contributed by atoms with Gasteiger partial charge in [0.2, 0.25) is 0 Å². The van der Waals surface area contributed by atoms with Crippen LogP contribution in [-0.2, 0) is 6.54 Å². The van der Waals surface area contributed by atoms with E-state index in [1.54, 1.807) is 6.33 Å². The molecule has 1 aliphatic rings. The topological polar surface area (TPSA) is 66.9 Å². The van der Waals surface area contributed by atoms with Crippen molar-refractivity contribution in [1.82, 2.24) is 15.3 Å². The smallest absolute Gasteiger partial charge is 0.251 e. The molecule has 1 heterocycles. The summed E-state index contributed by atoms with van der Waals surface area (Å²) in [7, 11) is 0. The molecule has 30 heavy (non-hydrogen) atoms. The summed E-state index contributed by atoms with van der Waals surface area (Å²) in [4.78, 5) is 21.3. The molecule has 1 saturated carbocycles. The Morgan fingerprint density at radius 3 is 2.57 bits per heavy atom. The Labute approximate surface area is 178 Å². The average molecular weight is 401 g/mol. The first-order valence-corrected chi connectivity index (χ1v) is 10.7. The van der Waals surface area contributed by atoms with E-state index in [0.717, 1.165) is 22.6 Å². The molecule has 0 spiro atoms. The number of carbonyl (C=O) groups excluding carboxylic acids is 1. The quantitative estimate of drug-likeness (QED) is 0.602. The van der Waals surface area contributed by atoms with Crippen LogP contribution in [0.2, 0.25) is 0 Å². The van der Waals surface area contributed by atoms with Crippen molar-refractivity contribution in [1.29, 1.82) is 0 Å². The van der Waals surface area contributed by atoms with Crippen LogP contribution in [-0.4, -0.2) is 21.9 Å². The summed E-state index contributed by atoms with van der Waals surface area (Å²) >= 11 is 0. The van der Waals surface area contributed by atoms with E-state index in [1.807, 2.05) is 55.5 Å². The molecular formula is C25H28N4O. The number of nitrogens with one attached hydrogen (secondary N) is 2. The highest BCUT2D eigenvalue weighted by molar-refractivity contribution is 5.94. The summed E-state index contributed by atoms with van der Waals surface area (Å²) in [5, 5.41) is 6.52. The molecule has 0 aliphatic heterocycles. The molecule has 0 saturated heterocycles. The van der Waals surface area contributed by atoms with Crippen LogP contribution < -0.4 is 10.6 Å². The van der Waals surface area contributed by atoms with Gasteiger partial charge < -0.3 is 10.6 Å². The Bertz CT molecular complexity index is 994. The fourth-order valence-electron chi connectivity index (χ4n) is 3.95. The van der Waals surface area contributed by atoms with Gasteiger partial charge in [0.1, 0.15) is 12.1 Å². The van der Waals surface area contributed by atoms with Crippen molar-refractivity contribution in [2.45, 2.75) is 51.6 Å². The number of amides is 1. The van der Waals surface area contributed by atoms with Crippen LogP contribution in [0.3, 0.4) is 0 Å². The maximum Gasteiger partial charge on any atom is 0.251 e. The number of anilines is 1. The van der Waals surface area contributed by atoms with Crippen LogP contribution in [0, 0.1) is 6.92 Å². The Kier molecular flexibility index (Phi) is 6.38. The summed E-state index contributed by atoms with van der Waals surface area (Å²) in [5.74, 6) is 0.789. The summed E-state index contributed by atoms with van der Waals surface area (Å²) in [6.45, 7) is 2.57. The van der Waals surface area contributed by atoms with Gasteiger partial charge in [-0.2, -0.15) is 0 Å². The Balaban J connectivity index is 1.39. The van der Waals surface area contributed by atoms with Gasteiger partial charge in [-0.25, -0.2) is 9.97 Å². The Morgan fingerprint density at radius 2 is 1.80 bits per heavy atom. The molecule has 4 rings (SSSR count). The average Bonchev–Trinajstić information content (AvgIpc) is 2.78. The summed E-state index contributed by atoms with van der Waals surface area (Å²) in [6, 6.07) is 18.2. The molecule has 3 aromatic rings. The maximum atomic E-state index is 12.5. The van der Waals surface area contributed by atoms with E-state index in [4.69, 9.17) is 0 Å². The largest absolute Gasteiger partial charge is 0.367 e. The van der Waals surface area contributed by atoms with E-state index in [9.17, 15) is 4.79 Å². The Hall–Kier alpha value is -3.21. The number of carbonyl (C=O) groups is 1. The van der Waals surface area contributed by atoms with Crippen molar-refractivity contribution >= 4 is 11.7 Å². The number of hydrogen-bond acceptors (Lipinski definition) is 4. The fraction of sp³-hybridized carbons (Fsp3) is 0.320. The summed E-state index contributed by atoms with van der Waals surface area (Å²) in [5.41, 5.74) is 4.75. The minimum atomic E-state index is -0.0783. The predicted octanol–water partition coefficient (Wildman–Crippen LogP) is 5.13. The molecule has 0 bridgehead atoms. The molecule has 5 nitrogen and oxygen atoms in total. The number of aromatic nitrogens is 2.